The van der Waals surface area contributed by atoms with Crippen LogP contribution in [0.25, 0.3) is 6.08 Å². The van der Waals surface area contributed by atoms with Crippen molar-refractivity contribution in [3.63, 3.8) is 0 Å². The molecule has 1 aliphatic rings. The summed E-state index contributed by atoms with van der Waals surface area (Å²) in [5.41, 5.74) is 2.05. The third-order valence-corrected chi connectivity index (χ3v) is 4.30. The van der Waals surface area contributed by atoms with Gasteiger partial charge >= 0.3 is 0 Å². The van der Waals surface area contributed by atoms with Gasteiger partial charge in [-0.3, -0.25) is 4.79 Å². The van der Waals surface area contributed by atoms with E-state index in [1.54, 1.807) is 0 Å². The number of Topliss-reactive ketones (excluding diaryl/α,β-unsaturated/α-hetero) is 1. The minimum absolute atomic E-state index is 0.146. The maximum absolute atomic E-state index is 12.6. The zero-order chi connectivity index (χ0) is 14.5. The lowest BCUT2D eigenvalue weighted by molar-refractivity contribution is 0.0905. The molecule has 2 unspecified atom stereocenters. The van der Waals surface area contributed by atoms with Gasteiger partial charge in [0.25, 0.3) is 0 Å². The van der Waals surface area contributed by atoms with E-state index in [0.29, 0.717) is 11.7 Å². The monoisotopic (exact) mass is 276 g/mol. The van der Waals surface area contributed by atoms with Gasteiger partial charge in [-0.1, -0.05) is 79.2 Å². The Kier molecular flexibility index (Phi) is 4.30. The number of carbonyl (C=O) groups is 1. The lowest BCUT2D eigenvalue weighted by atomic mass is 9.88. The van der Waals surface area contributed by atoms with Crippen LogP contribution in [0, 0.1) is 11.8 Å². The molecule has 1 saturated carbocycles. The van der Waals surface area contributed by atoms with Crippen LogP contribution in [0.5, 0.6) is 0 Å². The van der Waals surface area contributed by atoms with E-state index >= 15 is 0 Å². The first-order valence-corrected chi connectivity index (χ1v) is 7.67. The highest BCUT2D eigenvalue weighted by Crippen LogP contribution is 2.35. The molecule has 0 amide bonds. The first-order valence-electron chi connectivity index (χ1n) is 7.67. The normalized spacial score (nSPS) is 21.7. The Hall–Kier alpha value is -2.15. The fraction of sp³-hybridized carbons (Fsp3) is 0.250. The maximum atomic E-state index is 12.6. The number of hydrogen-bond acceptors (Lipinski definition) is 1. The van der Waals surface area contributed by atoms with Gasteiger partial charge in [-0.05, 0) is 24.3 Å². The summed E-state index contributed by atoms with van der Waals surface area (Å²) in [4.78, 5) is 12.6. The van der Waals surface area contributed by atoms with Crippen LogP contribution >= 0.6 is 0 Å². The van der Waals surface area contributed by atoms with Gasteiger partial charge in [0.05, 0.1) is 0 Å². The second-order valence-electron chi connectivity index (χ2n) is 5.70. The zero-order valence-electron chi connectivity index (χ0n) is 12.1. The summed E-state index contributed by atoms with van der Waals surface area (Å²) in [7, 11) is 0. The Morgan fingerprint density at radius 2 is 1.57 bits per heavy atom. The van der Waals surface area contributed by atoms with Crippen molar-refractivity contribution in [3.05, 3.63) is 77.9 Å². The quantitative estimate of drug-likeness (QED) is 0.718. The second kappa shape index (κ2) is 6.53. The number of ketones is 1. The molecule has 0 aromatic heterocycles. The van der Waals surface area contributed by atoms with E-state index in [1.165, 1.54) is 5.56 Å². The summed E-state index contributed by atoms with van der Waals surface area (Å²) < 4.78 is 0. The van der Waals surface area contributed by atoms with Gasteiger partial charge in [0, 0.05) is 11.5 Å². The number of hydrogen-bond donors (Lipinski definition) is 0. The van der Waals surface area contributed by atoms with Crippen molar-refractivity contribution >= 4 is 11.9 Å². The van der Waals surface area contributed by atoms with Crippen LogP contribution in [-0.4, -0.2) is 5.78 Å². The Bertz CT molecular complexity index is 613. The van der Waals surface area contributed by atoms with Crippen LogP contribution in [0.3, 0.4) is 0 Å². The van der Waals surface area contributed by atoms with Crippen molar-refractivity contribution in [1.29, 1.82) is 0 Å². The van der Waals surface area contributed by atoms with Crippen molar-refractivity contribution in [2.24, 2.45) is 11.8 Å². The number of allylic oxidation sites excluding steroid dienone is 1. The third-order valence-electron chi connectivity index (χ3n) is 4.30. The molecule has 1 aliphatic carbocycles. The maximum Gasteiger partial charge on any atom is 0.166 e. The second-order valence-corrected chi connectivity index (χ2v) is 5.70. The zero-order valence-corrected chi connectivity index (χ0v) is 12.1. The molecule has 2 atom stereocenters. The molecule has 0 aliphatic heterocycles. The Labute approximate surface area is 126 Å². The summed E-state index contributed by atoms with van der Waals surface area (Å²) in [5, 5.41) is 0. The van der Waals surface area contributed by atoms with Gasteiger partial charge in [0.15, 0.2) is 5.78 Å². The summed E-state index contributed by atoms with van der Waals surface area (Å²) in [6, 6.07) is 20.0. The molecule has 0 bridgehead atoms. The average Bonchev–Trinajstić information content (AvgIpc) is 3.02. The standard InChI is InChI=1S/C20H20O/c21-20(18-10-5-2-6-11-18)19-13-7-12-17(19)15-14-16-8-3-1-4-9-16/h1-6,8-11,14-15,17,19H,7,12-13H2/b15-14+. The van der Waals surface area contributed by atoms with E-state index in [-0.39, 0.29) is 5.92 Å². The highest BCUT2D eigenvalue weighted by molar-refractivity contribution is 5.98. The summed E-state index contributed by atoms with van der Waals surface area (Å²) in [6.07, 6.45) is 7.66. The molecule has 0 spiro atoms. The van der Waals surface area contributed by atoms with Crippen LogP contribution in [0.15, 0.2) is 66.7 Å². The summed E-state index contributed by atoms with van der Waals surface area (Å²) >= 11 is 0. The molecular formula is C20H20O. The van der Waals surface area contributed by atoms with Crippen LogP contribution in [-0.2, 0) is 0 Å². The minimum atomic E-state index is 0.146. The van der Waals surface area contributed by atoms with E-state index in [4.69, 9.17) is 0 Å². The van der Waals surface area contributed by atoms with E-state index in [1.807, 2.05) is 48.5 Å². The largest absolute Gasteiger partial charge is 0.294 e. The first kappa shape index (κ1) is 13.8. The van der Waals surface area contributed by atoms with Gasteiger partial charge in [0.1, 0.15) is 0 Å². The third kappa shape index (κ3) is 3.30. The number of rotatable bonds is 4. The van der Waals surface area contributed by atoms with Crippen molar-refractivity contribution in [2.75, 3.05) is 0 Å². The molecule has 1 fully saturated rings. The van der Waals surface area contributed by atoms with Crippen molar-refractivity contribution < 1.29 is 4.79 Å². The van der Waals surface area contributed by atoms with Crippen molar-refractivity contribution in [3.8, 4) is 0 Å². The Morgan fingerprint density at radius 1 is 0.905 bits per heavy atom. The van der Waals surface area contributed by atoms with Gasteiger partial charge in [0.2, 0.25) is 0 Å². The predicted octanol–water partition coefficient (Wildman–Crippen LogP) is 5.00. The van der Waals surface area contributed by atoms with Gasteiger partial charge in [-0.2, -0.15) is 0 Å². The minimum Gasteiger partial charge on any atom is -0.294 e. The molecule has 2 aromatic rings. The van der Waals surface area contributed by atoms with Crippen LogP contribution in [0.4, 0.5) is 0 Å². The molecule has 1 heteroatoms. The molecule has 1 nitrogen and oxygen atoms in total. The highest BCUT2D eigenvalue weighted by atomic mass is 16.1. The fourth-order valence-corrected chi connectivity index (χ4v) is 3.16. The van der Waals surface area contributed by atoms with Gasteiger partial charge < -0.3 is 0 Å². The van der Waals surface area contributed by atoms with E-state index in [2.05, 4.69) is 24.3 Å². The lowest BCUT2D eigenvalue weighted by Crippen LogP contribution is -2.17. The summed E-state index contributed by atoms with van der Waals surface area (Å²) in [5.74, 6) is 0.820. The van der Waals surface area contributed by atoms with E-state index < -0.39 is 0 Å². The topological polar surface area (TPSA) is 17.1 Å². The highest BCUT2D eigenvalue weighted by Gasteiger charge is 2.31. The molecule has 2 aromatic carbocycles. The van der Waals surface area contributed by atoms with Crippen LogP contribution in [0.1, 0.15) is 35.2 Å². The van der Waals surface area contributed by atoms with E-state index in [9.17, 15) is 4.79 Å². The van der Waals surface area contributed by atoms with Crippen molar-refractivity contribution in [2.45, 2.75) is 19.3 Å². The molecule has 21 heavy (non-hydrogen) atoms. The van der Waals surface area contributed by atoms with Crippen LogP contribution in [0.2, 0.25) is 0 Å². The van der Waals surface area contributed by atoms with Gasteiger partial charge in [-0.25, -0.2) is 0 Å². The van der Waals surface area contributed by atoms with Crippen LogP contribution < -0.4 is 0 Å². The molecule has 3 rings (SSSR count). The molecule has 0 N–H and O–H groups in total. The Balaban J connectivity index is 1.74. The molecule has 0 heterocycles. The van der Waals surface area contributed by atoms with Crippen molar-refractivity contribution in [1.82, 2.24) is 0 Å². The summed E-state index contributed by atoms with van der Waals surface area (Å²) in [6.45, 7) is 0. The molecule has 0 saturated heterocycles. The SMILES string of the molecule is O=C(c1ccccc1)C1CCCC1/C=C/c1ccccc1. The van der Waals surface area contributed by atoms with E-state index in [0.717, 1.165) is 24.8 Å². The molecular weight excluding hydrogens is 256 g/mol. The number of benzene rings is 2. The average molecular weight is 276 g/mol. The van der Waals surface area contributed by atoms with Gasteiger partial charge in [-0.15, -0.1) is 0 Å². The predicted molar refractivity (Wildman–Crippen MR) is 87.1 cm³/mol. The molecule has 106 valence electrons. The molecule has 0 radical (unpaired) electrons. The Morgan fingerprint density at radius 3 is 2.29 bits per heavy atom. The smallest absolute Gasteiger partial charge is 0.166 e. The first-order chi connectivity index (χ1) is 10.3. The number of carbonyl (C=O) groups excluding carboxylic acids is 1. The lowest BCUT2D eigenvalue weighted by Gasteiger charge is -2.15. The fourth-order valence-electron chi connectivity index (χ4n) is 3.16.